The SMILES string of the molecule is CCN(CC)c1cccc(OCCNCCC(=O)N2CCC(C)Sc3ccccc32)c1. The summed E-state index contributed by atoms with van der Waals surface area (Å²) < 4.78 is 5.90. The molecule has 1 aliphatic heterocycles. The van der Waals surface area contributed by atoms with Crippen LogP contribution < -0.4 is 19.9 Å². The number of anilines is 2. The summed E-state index contributed by atoms with van der Waals surface area (Å²) in [5.41, 5.74) is 2.24. The number of rotatable bonds is 10. The van der Waals surface area contributed by atoms with Crippen LogP contribution in [0.25, 0.3) is 0 Å². The van der Waals surface area contributed by atoms with Gasteiger partial charge in [-0.3, -0.25) is 4.79 Å². The maximum atomic E-state index is 12.9. The molecule has 0 saturated heterocycles. The summed E-state index contributed by atoms with van der Waals surface area (Å²) >= 11 is 1.86. The molecule has 31 heavy (non-hydrogen) atoms. The number of nitrogens with one attached hydrogen (secondary N) is 1. The van der Waals surface area contributed by atoms with Crippen molar-refractivity contribution in [3.05, 3.63) is 48.5 Å². The predicted molar refractivity (Wildman–Crippen MR) is 132 cm³/mol. The molecule has 1 amide bonds. The van der Waals surface area contributed by atoms with Gasteiger partial charge in [0.1, 0.15) is 12.4 Å². The van der Waals surface area contributed by atoms with Gasteiger partial charge >= 0.3 is 0 Å². The normalized spacial score (nSPS) is 15.8. The lowest BCUT2D eigenvalue weighted by atomic mass is 10.2. The van der Waals surface area contributed by atoms with Crippen LogP contribution in [0.2, 0.25) is 0 Å². The monoisotopic (exact) mass is 441 g/mol. The summed E-state index contributed by atoms with van der Waals surface area (Å²) in [4.78, 5) is 18.3. The molecule has 1 heterocycles. The van der Waals surface area contributed by atoms with E-state index in [1.807, 2.05) is 40.9 Å². The number of nitrogens with zero attached hydrogens (tertiary/aromatic N) is 2. The van der Waals surface area contributed by atoms with E-state index in [2.05, 4.69) is 55.3 Å². The first-order valence-corrected chi connectivity index (χ1v) is 12.2. The Hall–Kier alpha value is -2.18. The number of fused-ring (bicyclic) bond motifs is 1. The summed E-state index contributed by atoms with van der Waals surface area (Å²) in [6.45, 7) is 11.2. The van der Waals surface area contributed by atoms with Crippen molar-refractivity contribution in [3.8, 4) is 5.75 Å². The number of thioether (sulfide) groups is 1. The lowest BCUT2D eigenvalue weighted by Gasteiger charge is -2.22. The summed E-state index contributed by atoms with van der Waals surface area (Å²) in [7, 11) is 0. The number of hydrogen-bond donors (Lipinski definition) is 1. The van der Waals surface area contributed by atoms with Crippen molar-refractivity contribution in [1.82, 2.24) is 5.32 Å². The van der Waals surface area contributed by atoms with Crippen molar-refractivity contribution in [2.75, 3.05) is 49.1 Å². The van der Waals surface area contributed by atoms with Crippen LogP contribution in [0.5, 0.6) is 5.75 Å². The second-order valence-corrected chi connectivity index (χ2v) is 9.23. The van der Waals surface area contributed by atoms with Gasteiger partial charge in [-0.2, -0.15) is 0 Å². The van der Waals surface area contributed by atoms with Crippen molar-refractivity contribution in [2.24, 2.45) is 0 Å². The van der Waals surface area contributed by atoms with Crippen LogP contribution in [0.4, 0.5) is 11.4 Å². The molecule has 0 saturated carbocycles. The van der Waals surface area contributed by atoms with Crippen molar-refractivity contribution in [3.63, 3.8) is 0 Å². The molecule has 2 aromatic carbocycles. The maximum Gasteiger partial charge on any atom is 0.228 e. The molecule has 3 rings (SSSR count). The molecule has 1 unspecified atom stereocenters. The van der Waals surface area contributed by atoms with Crippen molar-refractivity contribution in [2.45, 2.75) is 43.8 Å². The Morgan fingerprint density at radius 1 is 1.16 bits per heavy atom. The number of carbonyl (C=O) groups is 1. The fourth-order valence-electron chi connectivity index (χ4n) is 3.80. The number of benzene rings is 2. The third-order valence-corrected chi connectivity index (χ3v) is 6.79. The van der Waals surface area contributed by atoms with Crippen LogP contribution in [0.3, 0.4) is 0 Å². The van der Waals surface area contributed by atoms with E-state index < -0.39 is 0 Å². The number of amides is 1. The minimum Gasteiger partial charge on any atom is -0.492 e. The minimum absolute atomic E-state index is 0.183. The van der Waals surface area contributed by atoms with Crippen LogP contribution in [0, 0.1) is 0 Å². The highest BCUT2D eigenvalue weighted by Crippen LogP contribution is 2.37. The number of para-hydroxylation sites is 1. The minimum atomic E-state index is 0.183. The lowest BCUT2D eigenvalue weighted by Crippen LogP contribution is -2.35. The molecule has 1 N–H and O–H groups in total. The summed E-state index contributed by atoms with van der Waals surface area (Å²) in [5, 5.41) is 3.87. The van der Waals surface area contributed by atoms with E-state index in [1.54, 1.807) is 0 Å². The Kier molecular flexibility index (Phi) is 9.10. The zero-order valence-corrected chi connectivity index (χ0v) is 19.8. The molecule has 1 atom stereocenters. The van der Waals surface area contributed by atoms with Gasteiger partial charge in [-0.1, -0.05) is 25.1 Å². The van der Waals surface area contributed by atoms with Gasteiger partial charge in [0, 0.05) is 61.0 Å². The van der Waals surface area contributed by atoms with Crippen molar-refractivity contribution in [1.29, 1.82) is 0 Å². The maximum absolute atomic E-state index is 12.9. The van der Waals surface area contributed by atoms with Gasteiger partial charge in [0.25, 0.3) is 0 Å². The van der Waals surface area contributed by atoms with E-state index >= 15 is 0 Å². The van der Waals surface area contributed by atoms with E-state index in [0.29, 0.717) is 31.4 Å². The quantitative estimate of drug-likeness (QED) is 0.536. The van der Waals surface area contributed by atoms with Gasteiger partial charge in [-0.15, -0.1) is 11.8 Å². The molecule has 0 radical (unpaired) electrons. The number of ether oxygens (including phenoxy) is 1. The molecule has 5 nitrogen and oxygen atoms in total. The predicted octanol–water partition coefficient (Wildman–Crippen LogP) is 4.81. The second-order valence-electron chi connectivity index (χ2n) is 7.75. The van der Waals surface area contributed by atoms with Gasteiger partial charge in [-0.25, -0.2) is 0 Å². The fourth-order valence-corrected chi connectivity index (χ4v) is 4.91. The zero-order valence-electron chi connectivity index (χ0n) is 19.0. The molecule has 0 spiro atoms. The van der Waals surface area contributed by atoms with Gasteiger partial charge in [0.05, 0.1) is 5.69 Å². The van der Waals surface area contributed by atoms with Gasteiger partial charge < -0.3 is 19.9 Å². The van der Waals surface area contributed by atoms with E-state index in [0.717, 1.165) is 37.5 Å². The van der Waals surface area contributed by atoms with E-state index in [-0.39, 0.29) is 5.91 Å². The molecular formula is C25H35N3O2S. The van der Waals surface area contributed by atoms with Crippen LogP contribution in [-0.2, 0) is 4.79 Å². The lowest BCUT2D eigenvalue weighted by molar-refractivity contribution is -0.118. The molecule has 0 aliphatic carbocycles. The van der Waals surface area contributed by atoms with E-state index in [4.69, 9.17) is 4.74 Å². The second kappa shape index (κ2) is 12.0. The van der Waals surface area contributed by atoms with Crippen LogP contribution in [-0.4, -0.2) is 50.5 Å². The molecule has 168 valence electrons. The Morgan fingerprint density at radius 3 is 2.77 bits per heavy atom. The highest BCUT2D eigenvalue weighted by atomic mass is 32.2. The third-order valence-electron chi connectivity index (χ3n) is 5.55. The molecular weight excluding hydrogens is 406 g/mol. The highest BCUT2D eigenvalue weighted by Gasteiger charge is 2.23. The van der Waals surface area contributed by atoms with Gasteiger partial charge in [0.15, 0.2) is 0 Å². The Balaban J connectivity index is 1.41. The van der Waals surface area contributed by atoms with Crippen LogP contribution in [0.1, 0.15) is 33.6 Å². The first-order valence-electron chi connectivity index (χ1n) is 11.4. The standard InChI is InChI=1S/C25H35N3O2S/c1-4-27(5-2)21-9-8-10-22(19-21)30-18-16-26-15-13-25(29)28-17-14-20(3)31-24-12-7-6-11-23(24)28/h6-12,19-20,26H,4-5,13-18H2,1-3H3. The van der Waals surface area contributed by atoms with E-state index in [9.17, 15) is 4.79 Å². The molecule has 1 aliphatic rings. The molecule has 0 bridgehead atoms. The van der Waals surface area contributed by atoms with Crippen LogP contribution >= 0.6 is 11.8 Å². The smallest absolute Gasteiger partial charge is 0.228 e. The fraction of sp³-hybridized carbons (Fsp3) is 0.480. The molecule has 6 heteroatoms. The number of carbonyl (C=O) groups excluding carboxylic acids is 1. The van der Waals surface area contributed by atoms with Crippen LogP contribution in [0.15, 0.2) is 53.4 Å². The molecule has 2 aromatic rings. The first kappa shape index (κ1) is 23.5. The molecule has 0 fully saturated rings. The Morgan fingerprint density at radius 2 is 1.97 bits per heavy atom. The first-order chi connectivity index (χ1) is 15.1. The highest BCUT2D eigenvalue weighted by molar-refractivity contribution is 8.00. The summed E-state index contributed by atoms with van der Waals surface area (Å²) in [6.07, 6.45) is 1.50. The number of hydrogen-bond acceptors (Lipinski definition) is 5. The zero-order chi connectivity index (χ0) is 22.1. The Labute approximate surface area is 191 Å². The van der Waals surface area contributed by atoms with Gasteiger partial charge in [0.2, 0.25) is 5.91 Å². The largest absolute Gasteiger partial charge is 0.492 e. The van der Waals surface area contributed by atoms with E-state index in [1.165, 1.54) is 10.6 Å². The molecule has 0 aromatic heterocycles. The summed E-state index contributed by atoms with van der Waals surface area (Å²) in [5.74, 6) is 1.07. The van der Waals surface area contributed by atoms with Gasteiger partial charge in [-0.05, 0) is 44.5 Å². The third kappa shape index (κ3) is 6.65. The topological polar surface area (TPSA) is 44.8 Å². The van der Waals surface area contributed by atoms with Crippen molar-refractivity contribution < 1.29 is 9.53 Å². The Bertz CT molecular complexity index is 841. The average molecular weight is 442 g/mol. The van der Waals surface area contributed by atoms with Crippen molar-refractivity contribution >= 4 is 29.0 Å². The summed E-state index contributed by atoms with van der Waals surface area (Å²) in [6, 6.07) is 16.5. The average Bonchev–Trinajstić information content (AvgIpc) is 2.95.